The minimum absolute atomic E-state index is 0.112. The van der Waals surface area contributed by atoms with Crippen molar-refractivity contribution in [3.05, 3.63) is 12.7 Å². The average molecular weight is 368 g/mol. The fraction of sp³-hybridized carbons (Fsp3) is 0.688. The molecule has 2 saturated heterocycles. The first kappa shape index (κ1) is 20.1. The molecule has 3 atom stereocenters. The molecule has 10 nitrogen and oxygen atoms in total. The van der Waals surface area contributed by atoms with Gasteiger partial charge in [-0.3, -0.25) is 15.1 Å². The zero-order chi connectivity index (χ0) is 19.3. The van der Waals surface area contributed by atoms with Crippen LogP contribution in [0.1, 0.15) is 0 Å². The van der Waals surface area contributed by atoms with Gasteiger partial charge in [0.1, 0.15) is 6.17 Å². The molecule has 3 amide bonds. The number of guanidine groups is 1. The standard InChI is InChI=1S/C16H28N6O4/c1-5-8-26-10-11(23)9-22-12-13(21(4)16(25)19-14(12)24)18-15(22)17-6-7-20(2)3/h5,11-13,23H,1,6-10H2,2-4H3,(H,17,18)(H,19,24,25). The van der Waals surface area contributed by atoms with Crippen LogP contribution >= 0.6 is 0 Å². The number of urea groups is 1. The summed E-state index contributed by atoms with van der Waals surface area (Å²) in [4.78, 5) is 33.9. The van der Waals surface area contributed by atoms with Gasteiger partial charge in [0.25, 0.3) is 5.91 Å². The summed E-state index contributed by atoms with van der Waals surface area (Å²) in [5.74, 6) is 0.0731. The normalized spacial score (nSPS) is 25.3. The van der Waals surface area contributed by atoms with E-state index in [9.17, 15) is 14.7 Å². The zero-order valence-corrected chi connectivity index (χ0v) is 15.5. The van der Waals surface area contributed by atoms with Crippen molar-refractivity contribution in [1.29, 1.82) is 0 Å². The number of amides is 3. The molecule has 0 aromatic carbocycles. The number of likely N-dealkylation sites (N-methyl/N-ethyl adjacent to an activating group) is 2. The number of nitrogens with one attached hydrogen (secondary N) is 2. The lowest BCUT2D eigenvalue weighted by Gasteiger charge is -2.35. The van der Waals surface area contributed by atoms with Gasteiger partial charge in [0.05, 0.1) is 25.9 Å². The highest BCUT2D eigenvalue weighted by atomic mass is 16.5. The van der Waals surface area contributed by atoms with Crippen LogP contribution in [0.15, 0.2) is 17.6 Å². The summed E-state index contributed by atoms with van der Waals surface area (Å²) in [5.41, 5.74) is 0. The molecule has 0 saturated carbocycles. The van der Waals surface area contributed by atoms with Crippen molar-refractivity contribution >= 4 is 17.9 Å². The number of hydrogen-bond donors (Lipinski definition) is 3. The Bertz CT molecular complexity index is 567. The molecule has 2 aliphatic heterocycles. The summed E-state index contributed by atoms with van der Waals surface area (Å²) in [5, 5.41) is 15.7. The number of carbonyl (C=O) groups excluding carboxylic acids is 2. The number of imide groups is 1. The van der Waals surface area contributed by atoms with Gasteiger partial charge in [-0.2, -0.15) is 0 Å². The van der Waals surface area contributed by atoms with Crippen LogP contribution < -0.4 is 10.6 Å². The van der Waals surface area contributed by atoms with Crippen LogP contribution in [0.25, 0.3) is 0 Å². The maximum absolute atomic E-state index is 12.4. The summed E-state index contributed by atoms with van der Waals surface area (Å²) < 4.78 is 5.28. The second kappa shape index (κ2) is 8.97. The van der Waals surface area contributed by atoms with E-state index in [-0.39, 0.29) is 13.2 Å². The second-order valence-electron chi connectivity index (χ2n) is 6.58. The predicted molar refractivity (Wildman–Crippen MR) is 96.6 cm³/mol. The van der Waals surface area contributed by atoms with E-state index in [0.717, 1.165) is 6.54 Å². The SMILES string of the molecule is C=CCOCC(O)CN1C(=NCCN(C)C)NC2C1C(=O)NC(=O)N2C. The van der Waals surface area contributed by atoms with Gasteiger partial charge in [0, 0.05) is 20.1 Å². The lowest BCUT2D eigenvalue weighted by Crippen LogP contribution is -2.65. The van der Waals surface area contributed by atoms with E-state index in [4.69, 9.17) is 4.74 Å². The van der Waals surface area contributed by atoms with Crippen molar-refractivity contribution in [3.8, 4) is 0 Å². The van der Waals surface area contributed by atoms with Gasteiger partial charge in [-0.1, -0.05) is 6.08 Å². The number of rotatable bonds is 9. The van der Waals surface area contributed by atoms with Gasteiger partial charge in [0.2, 0.25) is 0 Å². The number of aliphatic imine (C=N–C) groups is 1. The van der Waals surface area contributed by atoms with Gasteiger partial charge >= 0.3 is 6.03 Å². The van der Waals surface area contributed by atoms with Crippen LogP contribution in [-0.4, -0.2) is 110 Å². The van der Waals surface area contributed by atoms with E-state index in [1.807, 2.05) is 19.0 Å². The minimum atomic E-state index is -0.815. The van der Waals surface area contributed by atoms with Crippen molar-refractivity contribution in [1.82, 2.24) is 25.3 Å². The first-order valence-corrected chi connectivity index (χ1v) is 8.52. The Morgan fingerprint density at radius 1 is 1.46 bits per heavy atom. The molecule has 2 heterocycles. The number of ether oxygens (including phenoxy) is 1. The van der Waals surface area contributed by atoms with E-state index in [1.165, 1.54) is 4.90 Å². The highest BCUT2D eigenvalue weighted by Crippen LogP contribution is 2.20. The van der Waals surface area contributed by atoms with E-state index in [1.54, 1.807) is 18.0 Å². The maximum Gasteiger partial charge on any atom is 0.325 e. The molecule has 0 spiro atoms. The lowest BCUT2D eigenvalue weighted by atomic mass is 10.1. The predicted octanol–water partition coefficient (Wildman–Crippen LogP) is -1.75. The molecule has 2 rings (SSSR count). The fourth-order valence-corrected chi connectivity index (χ4v) is 2.84. The molecular weight excluding hydrogens is 340 g/mol. The molecule has 2 fully saturated rings. The van der Waals surface area contributed by atoms with Gasteiger partial charge in [-0.15, -0.1) is 6.58 Å². The van der Waals surface area contributed by atoms with Crippen LogP contribution in [0.2, 0.25) is 0 Å². The van der Waals surface area contributed by atoms with Crippen molar-refractivity contribution in [2.45, 2.75) is 18.3 Å². The van der Waals surface area contributed by atoms with Gasteiger partial charge in [-0.25, -0.2) is 4.79 Å². The third kappa shape index (κ3) is 4.71. The number of aliphatic hydroxyl groups excluding tert-OH is 1. The number of β-amino-alcohol motifs (C(OH)–C–C–N with tert-alkyl or cyclic N) is 1. The van der Waals surface area contributed by atoms with Crippen LogP contribution in [0.5, 0.6) is 0 Å². The van der Waals surface area contributed by atoms with Crippen molar-refractivity contribution in [3.63, 3.8) is 0 Å². The third-order valence-corrected chi connectivity index (χ3v) is 4.18. The Kier molecular flexibility index (Phi) is 6.95. The first-order chi connectivity index (χ1) is 12.3. The van der Waals surface area contributed by atoms with E-state index in [0.29, 0.717) is 19.1 Å². The van der Waals surface area contributed by atoms with Gasteiger partial charge < -0.3 is 29.9 Å². The van der Waals surface area contributed by atoms with Gasteiger partial charge in [-0.05, 0) is 14.1 Å². The summed E-state index contributed by atoms with van der Waals surface area (Å²) in [7, 11) is 5.50. The molecular formula is C16H28N6O4. The summed E-state index contributed by atoms with van der Waals surface area (Å²) in [6.07, 6.45) is 0.254. The molecule has 146 valence electrons. The highest BCUT2D eigenvalue weighted by molar-refractivity contribution is 6.04. The molecule has 0 aromatic heterocycles. The topological polar surface area (TPSA) is 110 Å². The maximum atomic E-state index is 12.4. The summed E-state index contributed by atoms with van der Waals surface area (Å²) in [6.45, 7) is 5.42. The monoisotopic (exact) mass is 368 g/mol. The molecule has 26 heavy (non-hydrogen) atoms. The fourth-order valence-electron chi connectivity index (χ4n) is 2.84. The number of hydrogen-bond acceptors (Lipinski definition) is 6. The van der Waals surface area contributed by atoms with Crippen LogP contribution in [0.4, 0.5) is 4.79 Å². The van der Waals surface area contributed by atoms with E-state index in [2.05, 4.69) is 22.2 Å². The molecule has 3 N–H and O–H groups in total. The number of fused-ring (bicyclic) bond motifs is 1. The lowest BCUT2D eigenvalue weighted by molar-refractivity contribution is -0.127. The third-order valence-electron chi connectivity index (χ3n) is 4.18. The van der Waals surface area contributed by atoms with Crippen LogP contribution in [0.3, 0.4) is 0 Å². The van der Waals surface area contributed by atoms with E-state index < -0.39 is 30.2 Å². The summed E-state index contributed by atoms with van der Waals surface area (Å²) in [6, 6.07) is -1.13. The van der Waals surface area contributed by atoms with Crippen LogP contribution in [-0.2, 0) is 9.53 Å². The Balaban J connectivity index is 2.15. The Morgan fingerprint density at radius 2 is 2.19 bits per heavy atom. The number of carbonyl (C=O) groups is 2. The Labute approximate surface area is 153 Å². The Hall–Kier alpha value is -2.17. The largest absolute Gasteiger partial charge is 0.389 e. The Morgan fingerprint density at radius 3 is 2.85 bits per heavy atom. The van der Waals surface area contributed by atoms with E-state index >= 15 is 0 Å². The van der Waals surface area contributed by atoms with Crippen molar-refractivity contribution in [2.24, 2.45) is 4.99 Å². The van der Waals surface area contributed by atoms with Gasteiger partial charge in [0.15, 0.2) is 12.0 Å². The molecule has 0 aromatic rings. The minimum Gasteiger partial charge on any atom is -0.389 e. The molecule has 2 aliphatic rings. The molecule has 10 heteroatoms. The first-order valence-electron chi connectivity index (χ1n) is 8.52. The highest BCUT2D eigenvalue weighted by Gasteiger charge is 2.50. The second-order valence-corrected chi connectivity index (χ2v) is 6.58. The molecule has 3 unspecified atom stereocenters. The molecule has 0 aliphatic carbocycles. The smallest absolute Gasteiger partial charge is 0.325 e. The quantitative estimate of drug-likeness (QED) is 0.327. The number of nitrogens with zero attached hydrogens (tertiary/aromatic N) is 4. The molecule has 0 radical (unpaired) electrons. The molecule has 0 bridgehead atoms. The van der Waals surface area contributed by atoms with Crippen LogP contribution in [0, 0.1) is 0 Å². The summed E-state index contributed by atoms with van der Waals surface area (Å²) >= 11 is 0. The van der Waals surface area contributed by atoms with Crippen molar-refractivity contribution in [2.75, 3.05) is 54.0 Å². The number of aliphatic hydroxyl groups is 1. The van der Waals surface area contributed by atoms with Crippen molar-refractivity contribution < 1.29 is 19.4 Å². The average Bonchev–Trinajstić information content (AvgIpc) is 2.92. The zero-order valence-electron chi connectivity index (χ0n) is 15.5.